The van der Waals surface area contributed by atoms with Gasteiger partial charge in [-0.2, -0.15) is 4.98 Å². The highest BCUT2D eigenvalue weighted by molar-refractivity contribution is 7.16. The van der Waals surface area contributed by atoms with E-state index in [0.29, 0.717) is 12.0 Å². The van der Waals surface area contributed by atoms with Crippen molar-refractivity contribution in [3.8, 4) is 0 Å². The Labute approximate surface area is 110 Å². The third kappa shape index (κ3) is 2.02. The zero-order chi connectivity index (χ0) is 12.5. The predicted octanol–water partition coefficient (Wildman–Crippen LogP) is 2.36. The van der Waals surface area contributed by atoms with Gasteiger partial charge in [0.05, 0.1) is 5.39 Å². The number of nitrogens with one attached hydrogen (secondary N) is 1. The number of aromatic nitrogens is 2. The first-order valence-corrected chi connectivity index (χ1v) is 7.20. The first kappa shape index (κ1) is 11.7. The van der Waals surface area contributed by atoms with Crippen LogP contribution in [-0.4, -0.2) is 22.6 Å². The van der Waals surface area contributed by atoms with Crippen LogP contribution in [0.4, 0.5) is 11.8 Å². The number of anilines is 2. The van der Waals surface area contributed by atoms with Crippen LogP contribution in [-0.2, 0) is 0 Å². The van der Waals surface area contributed by atoms with Crippen LogP contribution in [0.25, 0.3) is 10.2 Å². The zero-order valence-corrected chi connectivity index (χ0v) is 11.2. The Morgan fingerprint density at radius 3 is 3.00 bits per heavy atom. The number of nitrogens with zero attached hydrogens (tertiary/aromatic N) is 3. The molecule has 3 rings (SSSR count). The van der Waals surface area contributed by atoms with Gasteiger partial charge in [0.25, 0.3) is 0 Å². The lowest BCUT2D eigenvalue weighted by molar-refractivity contribution is 0.753. The second-order valence-corrected chi connectivity index (χ2v) is 5.47. The van der Waals surface area contributed by atoms with Gasteiger partial charge >= 0.3 is 0 Å². The van der Waals surface area contributed by atoms with Crippen molar-refractivity contribution in [1.29, 1.82) is 0 Å². The van der Waals surface area contributed by atoms with E-state index in [9.17, 15) is 0 Å². The molecule has 0 unspecified atom stereocenters. The molecule has 6 heteroatoms. The summed E-state index contributed by atoms with van der Waals surface area (Å²) in [6.07, 6.45) is 3.65. The van der Waals surface area contributed by atoms with E-state index in [1.54, 1.807) is 11.3 Å². The number of nitrogens with two attached hydrogens (primary N) is 1. The lowest BCUT2D eigenvalue weighted by atomic mass is 10.3. The van der Waals surface area contributed by atoms with Crippen molar-refractivity contribution in [2.24, 2.45) is 5.84 Å². The SMILES string of the molecule is CCCN(c1nc(NN)nc2sccc12)C1CC1. The van der Waals surface area contributed by atoms with E-state index in [4.69, 9.17) is 5.84 Å². The van der Waals surface area contributed by atoms with Gasteiger partial charge in [0.15, 0.2) is 0 Å². The standard InChI is InChI=1S/C12H17N5S/c1-2-6-17(8-3-4-8)10-9-5-7-18-11(9)15-12(14-10)16-13/h5,7-8H,2-4,6,13H2,1H3,(H,14,15,16). The average Bonchev–Trinajstić information content (AvgIpc) is 3.12. The zero-order valence-electron chi connectivity index (χ0n) is 10.4. The number of fused-ring (bicyclic) bond motifs is 1. The molecule has 0 radical (unpaired) electrons. The van der Waals surface area contributed by atoms with Crippen molar-refractivity contribution in [3.05, 3.63) is 11.4 Å². The summed E-state index contributed by atoms with van der Waals surface area (Å²) in [6.45, 7) is 3.24. The third-order valence-corrected chi connectivity index (χ3v) is 3.96. The number of hydrogen-bond acceptors (Lipinski definition) is 6. The smallest absolute Gasteiger partial charge is 0.240 e. The summed E-state index contributed by atoms with van der Waals surface area (Å²) in [5, 5.41) is 3.19. The maximum absolute atomic E-state index is 5.46. The van der Waals surface area contributed by atoms with E-state index in [1.165, 1.54) is 12.8 Å². The molecule has 2 aromatic rings. The minimum Gasteiger partial charge on any atom is -0.353 e. The predicted molar refractivity (Wildman–Crippen MR) is 75.9 cm³/mol. The number of nitrogen functional groups attached to an aromatic ring is 1. The summed E-state index contributed by atoms with van der Waals surface area (Å²) < 4.78 is 0. The van der Waals surface area contributed by atoms with Crippen LogP contribution in [0.1, 0.15) is 26.2 Å². The van der Waals surface area contributed by atoms with Gasteiger partial charge in [-0.3, -0.25) is 5.43 Å². The van der Waals surface area contributed by atoms with Crippen molar-refractivity contribution in [3.63, 3.8) is 0 Å². The number of thiophene rings is 1. The van der Waals surface area contributed by atoms with Crippen LogP contribution < -0.4 is 16.2 Å². The Hall–Kier alpha value is -1.40. The molecule has 1 saturated carbocycles. The molecule has 0 spiro atoms. The highest BCUT2D eigenvalue weighted by atomic mass is 32.1. The molecule has 1 aliphatic rings. The minimum absolute atomic E-state index is 0.502. The molecule has 0 atom stereocenters. The largest absolute Gasteiger partial charge is 0.353 e. The summed E-state index contributed by atoms with van der Waals surface area (Å²) >= 11 is 1.63. The Morgan fingerprint density at radius 2 is 2.33 bits per heavy atom. The first-order valence-electron chi connectivity index (χ1n) is 6.32. The molecule has 3 N–H and O–H groups in total. The molecule has 0 bridgehead atoms. The van der Waals surface area contributed by atoms with Crippen LogP contribution in [0.5, 0.6) is 0 Å². The van der Waals surface area contributed by atoms with Crippen LogP contribution in [0.2, 0.25) is 0 Å². The molecular formula is C12H17N5S. The molecule has 2 heterocycles. The van der Waals surface area contributed by atoms with Gasteiger partial charge in [0, 0.05) is 12.6 Å². The van der Waals surface area contributed by atoms with Gasteiger partial charge < -0.3 is 4.90 Å². The molecule has 0 saturated heterocycles. The quantitative estimate of drug-likeness (QED) is 0.640. The number of hydrogen-bond donors (Lipinski definition) is 2. The second-order valence-electron chi connectivity index (χ2n) is 4.58. The van der Waals surface area contributed by atoms with Crippen LogP contribution in [0.15, 0.2) is 11.4 Å². The lowest BCUT2D eigenvalue weighted by Crippen LogP contribution is -2.28. The summed E-state index contributed by atoms with van der Waals surface area (Å²) in [7, 11) is 0. The Kier molecular flexibility index (Phi) is 3.05. The summed E-state index contributed by atoms with van der Waals surface area (Å²) in [5.41, 5.74) is 2.56. The normalized spacial score (nSPS) is 15.0. The third-order valence-electron chi connectivity index (χ3n) is 3.16. The highest BCUT2D eigenvalue weighted by Crippen LogP contribution is 2.36. The van der Waals surface area contributed by atoms with Crippen LogP contribution >= 0.6 is 11.3 Å². The van der Waals surface area contributed by atoms with Crippen LogP contribution in [0.3, 0.4) is 0 Å². The van der Waals surface area contributed by atoms with Crippen molar-refractivity contribution in [2.45, 2.75) is 32.2 Å². The maximum atomic E-state index is 5.46. The lowest BCUT2D eigenvalue weighted by Gasteiger charge is -2.23. The summed E-state index contributed by atoms with van der Waals surface area (Å²) in [4.78, 5) is 12.3. The number of rotatable bonds is 5. The van der Waals surface area contributed by atoms with E-state index in [2.05, 4.69) is 38.7 Å². The monoisotopic (exact) mass is 263 g/mol. The topological polar surface area (TPSA) is 67.1 Å². The first-order chi connectivity index (χ1) is 8.83. The van der Waals surface area contributed by atoms with Crippen molar-refractivity contribution in [2.75, 3.05) is 16.9 Å². The molecule has 0 aliphatic heterocycles. The van der Waals surface area contributed by atoms with E-state index in [1.807, 2.05) is 0 Å². The molecule has 1 fully saturated rings. The van der Waals surface area contributed by atoms with Gasteiger partial charge in [-0.25, -0.2) is 10.8 Å². The van der Waals surface area contributed by atoms with E-state index in [-0.39, 0.29) is 0 Å². The van der Waals surface area contributed by atoms with Crippen molar-refractivity contribution >= 4 is 33.3 Å². The summed E-state index contributed by atoms with van der Waals surface area (Å²) in [6, 6.07) is 2.74. The van der Waals surface area contributed by atoms with Gasteiger partial charge in [-0.15, -0.1) is 11.3 Å². The molecule has 1 aliphatic carbocycles. The van der Waals surface area contributed by atoms with E-state index >= 15 is 0 Å². The fourth-order valence-corrected chi connectivity index (χ4v) is 2.97. The Bertz CT molecular complexity index is 548. The van der Waals surface area contributed by atoms with Crippen molar-refractivity contribution in [1.82, 2.24) is 9.97 Å². The Morgan fingerprint density at radius 1 is 1.50 bits per heavy atom. The minimum atomic E-state index is 0.502. The molecule has 18 heavy (non-hydrogen) atoms. The molecule has 0 aromatic carbocycles. The second kappa shape index (κ2) is 4.70. The molecule has 0 amide bonds. The van der Waals surface area contributed by atoms with Crippen LogP contribution in [0, 0.1) is 0 Å². The van der Waals surface area contributed by atoms with E-state index < -0.39 is 0 Å². The van der Waals surface area contributed by atoms with E-state index in [0.717, 1.165) is 29.0 Å². The van der Waals surface area contributed by atoms with Gasteiger partial charge in [0.2, 0.25) is 5.95 Å². The molecular weight excluding hydrogens is 246 g/mol. The fraction of sp³-hybridized carbons (Fsp3) is 0.500. The average molecular weight is 263 g/mol. The van der Waals surface area contributed by atoms with Gasteiger partial charge in [-0.1, -0.05) is 6.92 Å². The van der Waals surface area contributed by atoms with Gasteiger partial charge in [0.1, 0.15) is 10.6 Å². The molecule has 96 valence electrons. The maximum Gasteiger partial charge on any atom is 0.240 e. The number of hydrazine groups is 1. The fourth-order valence-electron chi connectivity index (χ4n) is 2.21. The Balaban J connectivity index is 2.09. The van der Waals surface area contributed by atoms with Gasteiger partial charge in [-0.05, 0) is 30.7 Å². The van der Waals surface area contributed by atoms with Crippen molar-refractivity contribution < 1.29 is 0 Å². The molecule has 2 aromatic heterocycles. The highest BCUT2D eigenvalue weighted by Gasteiger charge is 2.31. The summed E-state index contributed by atoms with van der Waals surface area (Å²) in [5.74, 6) is 6.98. The molecule has 5 nitrogen and oxygen atoms in total.